The number of aliphatic imine (C=N–C) groups is 1. The third-order valence-corrected chi connectivity index (χ3v) is 5.50. The van der Waals surface area contributed by atoms with Gasteiger partial charge in [0.25, 0.3) is 11.8 Å². The van der Waals surface area contributed by atoms with Crippen LogP contribution in [0, 0.1) is 0 Å². The van der Waals surface area contributed by atoms with E-state index in [1.54, 1.807) is 44.5 Å². The summed E-state index contributed by atoms with van der Waals surface area (Å²) in [7, 11) is 3.33. The quantitative estimate of drug-likeness (QED) is 0.158. The van der Waals surface area contributed by atoms with E-state index in [0.29, 0.717) is 41.7 Å². The van der Waals surface area contributed by atoms with Crippen molar-refractivity contribution < 1.29 is 14.3 Å². The van der Waals surface area contributed by atoms with Crippen LogP contribution in [-0.2, 0) is 6.42 Å². The van der Waals surface area contributed by atoms with Gasteiger partial charge in [0, 0.05) is 31.7 Å². The first kappa shape index (κ1) is 25.9. The molecule has 32 heavy (non-hydrogen) atoms. The van der Waals surface area contributed by atoms with Crippen molar-refractivity contribution in [1.82, 2.24) is 15.5 Å². The zero-order chi connectivity index (χ0) is 22.2. The Morgan fingerprint density at radius 1 is 1.03 bits per heavy atom. The number of carbonyl (C=O) groups excluding carboxylic acids is 2. The van der Waals surface area contributed by atoms with Gasteiger partial charge in [-0.25, -0.2) is 0 Å². The molecule has 2 aromatic rings. The maximum atomic E-state index is 12.4. The molecule has 0 atom stereocenters. The van der Waals surface area contributed by atoms with Gasteiger partial charge in [-0.15, -0.1) is 24.0 Å². The van der Waals surface area contributed by atoms with Crippen molar-refractivity contribution in [3.63, 3.8) is 0 Å². The summed E-state index contributed by atoms with van der Waals surface area (Å²) in [5, 5.41) is 7.19. The Bertz CT molecular complexity index is 948. The van der Waals surface area contributed by atoms with Gasteiger partial charge < -0.3 is 15.4 Å². The first-order chi connectivity index (χ1) is 15.0. The van der Waals surface area contributed by atoms with Crippen LogP contribution in [0.15, 0.2) is 47.5 Å². The van der Waals surface area contributed by atoms with Crippen LogP contribution in [0.25, 0.3) is 0 Å². The summed E-state index contributed by atoms with van der Waals surface area (Å²) in [6.07, 6.45) is 2.28. The van der Waals surface area contributed by atoms with Crippen molar-refractivity contribution >= 4 is 53.4 Å². The van der Waals surface area contributed by atoms with Crippen LogP contribution in [0.4, 0.5) is 0 Å². The Morgan fingerprint density at radius 3 is 2.28 bits per heavy atom. The summed E-state index contributed by atoms with van der Waals surface area (Å²) < 4.78 is 5.17. The number of hydrogen-bond acceptors (Lipinski definition) is 4. The Kier molecular flexibility index (Phi) is 10.2. The summed E-state index contributed by atoms with van der Waals surface area (Å²) in [4.78, 5) is 30.3. The summed E-state index contributed by atoms with van der Waals surface area (Å²) in [5.74, 6) is 1.03. The lowest BCUT2D eigenvalue weighted by molar-refractivity contribution is 0.0652. The van der Waals surface area contributed by atoms with Gasteiger partial charge in [-0.3, -0.25) is 19.5 Å². The van der Waals surface area contributed by atoms with E-state index in [9.17, 15) is 9.59 Å². The molecule has 0 saturated carbocycles. The summed E-state index contributed by atoms with van der Waals surface area (Å²) >= 11 is 6.27. The summed E-state index contributed by atoms with van der Waals surface area (Å²) in [5.41, 5.74) is 2.02. The van der Waals surface area contributed by atoms with E-state index in [0.717, 1.165) is 30.6 Å². The van der Waals surface area contributed by atoms with Crippen molar-refractivity contribution in [3.8, 4) is 5.75 Å². The highest BCUT2D eigenvalue weighted by Crippen LogP contribution is 2.23. The van der Waals surface area contributed by atoms with Crippen molar-refractivity contribution in [2.45, 2.75) is 19.3 Å². The van der Waals surface area contributed by atoms with Crippen LogP contribution in [0.2, 0.25) is 5.02 Å². The Balaban J connectivity index is 0.00000363. The van der Waals surface area contributed by atoms with E-state index in [1.807, 2.05) is 12.1 Å². The number of fused-ring (bicyclic) bond motifs is 1. The number of nitrogens with one attached hydrogen (secondary N) is 2. The van der Waals surface area contributed by atoms with Gasteiger partial charge in [-0.05, 0) is 49.1 Å². The highest BCUT2D eigenvalue weighted by molar-refractivity contribution is 14.0. The van der Waals surface area contributed by atoms with Gasteiger partial charge in [0.2, 0.25) is 0 Å². The third kappa shape index (κ3) is 6.35. The molecule has 0 spiro atoms. The standard InChI is InChI=1S/C23H27ClN4O3.HI/c1-25-23(27-13-11-16-9-10-17(31-2)15-20(16)24)26-12-5-6-14-28-21(29)18-7-3-4-8-19(18)22(28)30;/h3-4,7-10,15H,5-6,11-14H2,1-2H3,(H2,25,26,27);1H. The van der Waals surface area contributed by atoms with E-state index in [2.05, 4.69) is 15.6 Å². The maximum absolute atomic E-state index is 12.4. The van der Waals surface area contributed by atoms with Crippen molar-refractivity contribution in [3.05, 3.63) is 64.2 Å². The molecular weight excluding hydrogens is 543 g/mol. The minimum Gasteiger partial charge on any atom is -0.497 e. The number of methoxy groups -OCH3 is 1. The number of halogens is 2. The molecule has 0 unspecified atom stereocenters. The largest absolute Gasteiger partial charge is 0.497 e. The number of ether oxygens (including phenoxy) is 1. The summed E-state index contributed by atoms with van der Waals surface area (Å²) in [6, 6.07) is 12.6. The highest BCUT2D eigenvalue weighted by atomic mass is 127. The fraction of sp³-hybridized carbons (Fsp3) is 0.348. The van der Waals surface area contributed by atoms with Gasteiger partial charge in [0.1, 0.15) is 5.75 Å². The predicted molar refractivity (Wildman–Crippen MR) is 138 cm³/mol. The van der Waals surface area contributed by atoms with Crippen LogP contribution < -0.4 is 15.4 Å². The molecule has 0 fully saturated rings. The van der Waals surface area contributed by atoms with Crippen molar-refractivity contribution in [1.29, 1.82) is 0 Å². The second-order valence-electron chi connectivity index (χ2n) is 7.15. The lowest BCUT2D eigenvalue weighted by atomic mass is 10.1. The topological polar surface area (TPSA) is 83.0 Å². The monoisotopic (exact) mass is 570 g/mol. The van der Waals surface area contributed by atoms with Crippen molar-refractivity contribution in [2.75, 3.05) is 33.8 Å². The SMILES string of the molecule is CN=C(NCCCCN1C(=O)c2ccccc2C1=O)NCCc1ccc(OC)cc1Cl.I. The van der Waals surface area contributed by atoms with E-state index >= 15 is 0 Å². The Morgan fingerprint density at radius 2 is 1.69 bits per heavy atom. The molecule has 3 rings (SSSR count). The van der Waals surface area contributed by atoms with Gasteiger partial charge in [0.15, 0.2) is 5.96 Å². The van der Waals surface area contributed by atoms with Crippen LogP contribution in [0.3, 0.4) is 0 Å². The molecule has 7 nitrogen and oxygen atoms in total. The Labute approximate surface area is 210 Å². The number of amides is 2. The molecule has 2 amide bonds. The predicted octanol–water partition coefficient (Wildman–Crippen LogP) is 3.75. The van der Waals surface area contributed by atoms with Gasteiger partial charge in [-0.2, -0.15) is 0 Å². The number of nitrogens with zero attached hydrogens (tertiary/aromatic N) is 2. The molecule has 0 radical (unpaired) electrons. The second-order valence-corrected chi connectivity index (χ2v) is 7.55. The van der Waals surface area contributed by atoms with E-state index in [4.69, 9.17) is 16.3 Å². The lowest BCUT2D eigenvalue weighted by Gasteiger charge is -2.15. The van der Waals surface area contributed by atoms with E-state index in [-0.39, 0.29) is 35.8 Å². The molecule has 2 aromatic carbocycles. The second kappa shape index (κ2) is 12.6. The number of hydrogen-bond donors (Lipinski definition) is 2. The molecule has 0 saturated heterocycles. The van der Waals surface area contributed by atoms with E-state index in [1.165, 1.54) is 4.90 Å². The number of guanidine groups is 1. The average molecular weight is 571 g/mol. The van der Waals surface area contributed by atoms with E-state index < -0.39 is 0 Å². The molecular formula is C23H28ClIN4O3. The number of benzene rings is 2. The molecule has 0 bridgehead atoms. The van der Waals surface area contributed by atoms with Crippen LogP contribution >= 0.6 is 35.6 Å². The van der Waals surface area contributed by atoms with Crippen LogP contribution in [0.5, 0.6) is 5.75 Å². The molecule has 9 heteroatoms. The minimum absolute atomic E-state index is 0. The highest BCUT2D eigenvalue weighted by Gasteiger charge is 2.34. The first-order valence-electron chi connectivity index (χ1n) is 10.3. The lowest BCUT2D eigenvalue weighted by Crippen LogP contribution is -2.39. The average Bonchev–Trinajstić information content (AvgIpc) is 3.03. The molecule has 2 N–H and O–H groups in total. The number of rotatable bonds is 9. The number of carbonyl (C=O) groups is 2. The maximum Gasteiger partial charge on any atom is 0.261 e. The van der Waals surface area contributed by atoms with Gasteiger partial charge >= 0.3 is 0 Å². The van der Waals surface area contributed by atoms with Gasteiger partial charge in [0.05, 0.1) is 18.2 Å². The zero-order valence-electron chi connectivity index (χ0n) is 18.2. The number of imide groups is 1. The fourth-order valence-corrected chi connectivity index (χ4v) is 3.70. The molecule has 1 aliphatic rings. The molecule has 1 heterocycles. The Hall–Kier alpha value is -2.33. The first-order valence-corrected chi connectivity index (χ1v) is 10.6. The van der Waals surface area contributed by atoms with Crippen LogP contribution in [0.1, 0.15) is 39.1 Å². The molecule has 0 aliphatic carbocycles. The van der Waals surface area contributed by atoms with Gasteiger partial charge in [-0.1, -0.05) is 29.8 Å². The zero-order valence-corrected chi connectivity index (χ0v) is 21.3. The number of unbranched alkanes of at least 4 members (excludes halogenated alkanes) is 1. The minimum atomic E-state index is -0.205. The van der Waals surface area contributed by atoms with Crippen molar-refractivity contribution in [2.24, 2.45) is 4.99 Å². The fourth-order valence-electron chi connectivity index (χ4n) is 3.44. The molecule has 172 valence electrons. The smallest absolute Gasteiger partial charge is 0.261 e. The molecule has 0 aromatic heterocycles. The third-order valence-electron chi connectivity index (χ3n) is 5.15. The van der Waals surface area contributed by atoms with Crippen LogP contribution in [-0.4, -0.2) is 56.5 Å². The normalized spacial score (nSPS) is 13.0. The summed E-state index contributed by atoms with van der Waals surface area (Å²) in [6.45, 7) is 1.78. The molecule has 1 aliphatic heterocycles.